The molecule has 1 unspecified atom stereocenters. The number of hydrogen-bond acceptors (Lipinski definition) is 4. The van der Waals surface area contributed by atoms with Gasteiger partial charge < -0.3 is 5.11 Å². The molecule has 1 aliphatic heterocycles. The molecule has 0 fully saturated rings. The Bertz CT molecular complexity index is 1350. The van der Waals surface area contributed by atoms with Gasteiger partial charge in [0, 0.05) is 21.2 Å². The van der Waals surface area contributed by atoms with Crippen LogP contribution in [0.5, 0.6) is 0 Å². The van der Waals surface area contributed by atoms with Crippen LogP contribution in [0, 0.1) is 0 Å². The lowest BCUT2D eigenvalue weighted by molar-refractivity contribution is -0.134. The molecule has 176 valence electrons. The van der Waals surface area contributed by atoms with Gasteiger partial charge in [0.2, 0.25) is 0 Å². The Morgan fingerprint density at radius 1 is 0.571 bits per heavy atom. The van der Waals surface area contributed by atoms with Crippen LogP contribution < -0.4 is 21.2 Å². The molecule has 4 aromatic rings. The Labute approximate surface area is 206 Å². The van der Waals surface area contributed by atoms with E-state index in [1.165, 1.54) is 0 Å². The zero-order valence-corrected chi connectivity index (χ0v) is 22.0. The predicted octanol–water partition coefficient (Wildman–Crippen LogP) is 6.37. The molecule has 35 heavy (non-hydrogen) atoms. The van der Waals surface area contributed by atoms with Gasteiger partial charge in [0.25, 0.3) is 0 Å². The van der Waals surface area contributed by atoms with E-state index >= 15 is 0 Å². The van der Waals surface area contributed by atoms with Crippen molar-refractivity contribution < 1.29 is 9.90 Å². The summed E-state index contributed by atoms with van der Waals surface area (Å²) in [6.07, 6.45) is -0.0919. The highest BCUT2D eigenvalue weighted by Crippen LogP contribution is 2.75. The maximum absolute atomic E-state index is 12.1. The fourth-order valence-electron chi connectivity index (χ4n) is 4.37. The van der Waals surface area contributed by atoms with Gasteiger partial charge in [0.15, 0.2) is 0 Å². The number of carboxylic acid groups (broad SMARTS) is 1. The monoisotopic (exact) mass is 517 g/mol. The second-order valence-electron chi connectivity index (χ2n) is 8.45. The molecule has 0 bridgehead atoms. The van der Waals surface area contributed by atoms with Crippen molar-refractivity contribution in [1.29, 1.82) is 0 Å². The van der Waals surface area contributed by atoms with Crippen LogP contribution in [0.15, 0.2) is 135 Å². The van der Waals surface area contributed by atoms with Gasteiger partial charge in [-0.1, -0.05) is 121 Å². The first kappa shape index (κ1) is 23.8. The van der Waals surface area contributed by atoms with E-state index in [4.69, 9.17) is 13.5 Å². The minimum Gasteiger partial charge on any atom is -0.481 e. The molecule has 4 aromatic carbocycles. The molecule has 0 aliphatic carbocycles. The van der Waals surface area contributed by atoms with E-state index < -0.39 is 27.6 Å². The van der Waals surface area contributed by atoms with E-state index in [0.717, 1.165) is 21.2 Å². The van der Waals surface area contributed by atoms with Crippen molar-refractivity contribution in [1.82, 2.24) is 0 Å². The molecule has 0 radical (unpaired) electrons. The van der Waals surface area contributed by atoms with Crippen LogP contribution >= 0.6 is 21.6 Å². The van der Waals surface area contributed by atoms with Crippen molar-refractivity contribution in [3.63, 3.8) is 0 Å². The average Bonchev–Trinajstić information content (AvgIpc) is 2.89. The Morgan fingerprint density at radius 3 is 1.20 bits per heavy atom. The summed E-state index contributed by atoms with van der Waals surface area (Å²) in [5.74, 6) is -0.881. The van der Waals surface area contributed by atoms with Crippen molar-refractivity contribution in [2.24, 2.45) is 13.5 Å². The highest BCUT2D eigenvalue weighted by molar-refractivity contribution is 7.97. The number of benzene rings is 4. The largest absolute Gasteiger partial charge is 0.481 e. The van der Waals surface area contributed by atoms with Crippen molar-refractivity contribution in [2.75, 3.05) is 12.8 Å². The van der Waals surface area contributed by atoms with Crippen molar-refractivity contribution in [3.05, 3.63) is 121 Å². The second-order valence-corrected chi connectivity index (χ2v) is 17.6. The molecule has 0 saturated heterocycles. The lowest BCUT2D eigenvalue weighted by Gasteiger charge is -2.36. The first-order valence-electron chi connectivity index (χ1n) is 11.3. The maximum Gasteiger partial charge on any atom is 0.310 e. The van der Waals surface area contributed by atoms with E-state index in [0.29, 0.717) is 0 Å². The van der Waals surface area contributed by atoms with Crippen LogP contribution in [0.3, 0.4) is 0 Å². The summed E-state index contributed by atoms with van der Waals surface area (Å²) in [6.45, 7) is 1.96. The van der Waals surface area contributed by atoms with Gasteiger partial charge in [-0.2, -0.15) is 0 Å². The van der Waals surface area contributed by atoms with Crippen LogP contribution in [-0.4, -0.2) is 23.9 Å². The van der Waals surface area contributed by atoms with Crippen molar-refractivity contribution in [3.8, 4) is 0 Å². The topological polar surface area (TPSA) is 74.4 Å². The highest BCUT2D eigenvalue weighted by atomic mass is 31.3. The Morgan fingerprint density at radius 2 is 0.886 bits per heavy atom. The minimum absolute atomic E-state index is 0.0919. The summed E-state index contributed by atoms with van der Waals surface area (Å²) in [7, 11) is -8.14. The Balaban J connectivity index is 2.03. The van der Waals surface area contributed by atoms with Gasteiger partial charge in [0.05, 0.1) is 13.4 Å². The van der Waals surface area contributed by atoms with Gasteiger partial charge in [-0.25, -0.2) is 13.5 Å². The molecule has 5 nitrogen and oxygen atoms in total. The summed E-state index contributed by atoms with van der Waals surface area (Å²) in [5, 5.41) is 14.0. The number of aliphatic carboxylic acids is 1. The van der Waals surface area contributed by atoms with Gasteiger partial charge in [-0.15, -0.1) is 0 Å². The molecule has 1 N–H and O–H groups in total. The first-order chi connectivity index (χ1) is 17.0. The standard InChI is InChI=1S/C27H26N3O2P3/c1-33(22-27(31)32)28-34(23-14-6-2-7-15-23,24-16-8-3-9-17-24)30-35(29-33,25-18-10-4-11-19-25)26-20-12-5-13-21-26/h2-21H,22H2,1H3,(H,31,32). The molecule has 0 aromatic heterocycles. The van der Waals surface area contributed by atoms with E-state index in [2.05, 4.69) is 48.5 Å². The van der Waals surface area contributed by atoms with Crippen molar-refractivity contribution >= 4 is 48.8 Å². The van der Waals surface area contributed by atoms with E-state index in [1.54, 1.807) is 0 Å². The zero-order valence-electron chi connectivity index (χ0n) is 19.3. The van der Waals surface area contributed by atoms with Crippen molar-refractivity contribution in [2.45, 2.75) is 0 Å². The van der Waals surface area contributed by atoms with Gasteiger partial charge in [-0.05, 0) is 6.66 Å². The van der Waals surface area contributed by atoms with Crippen LogP contribution in [0.4, 0.5) is 0 Å². The normalized spacial score (nSPS) is 20.0. The lowest BCUT2D eigenvalue weighted by Crippen LogP contribution is -2.21. The highest BCUT2D eigenvalue weighted by Gasteiger charge is 2.39. The molecule has 5 rings (SSSR count). The molecule has 0 spiro atoms. The Kier molecular flexibility index (Phi) is 6.51. The molecule has 1 heterocycles. The van der Waals surface area contributed by atoms with E-state index in [-0.39, 0.29) is 6.16 Å². The van der Waals surface area contributed by atoms with Gasteiger partial charge in [0.1, 0.15) is 14.4 Å². The summed E-state index contributed by atoms with van der Waals surface area (Å²) in [4.78, 5) is 12.1. The number of carboxylic acids is 1. The van der Waals surface area contributed by atoms with E-state index in [1.807, 2.05) is 79.5 Å². The summed E-state index contributed by atoms with van der Waals surface area (Å²) >= 11 is 0. The molecular formula is C27H26N3O2P3. The smallest absolute Gasteiger partial charge is 0.310 e. The third-order valence-corrected chi connectivity index (χ3v) is 18.0. The third kappa shape index (κ3) is 4.53. The third-order valence-electron chi connectivity index (χ3n) is 5.80. The summed E-state index contributed by atoms with van der Waals surface area (Å²) < 4.78 is 16.6. The average molecular weight is 517 g/mol. The molecule has 0 saturated carbocycles. The summed E-state index contributed by atoms with van der Waals surface area (Å²) in [5.41, 5.74) is 0. The van der Waals surface area contributed by atoms with Crippen LogP contribution in [0.25, 0.3) is 0 Å². The first-order valence-corrected chi connectivity index (χ1v) is 17.0. The number of carbonyl (C=O) groups is 1. The molecule has 0 amide bonds. The maximum atomic E-state index is 12.1. The van der Waals surface area contributed by atoms with Crippen LogP contribution in [-0.2, 0) is 4.79 Å². The number of nitrogens with zero attached hydrogens (tertiary/aromatic N) is 3. The lowest BCUT2D eigenvalue weighted by atomic mass is 10.4. The van der Waals surface area contributed by atoms with Gasteiger partial charge >= 0.3 is 5.97 Å². The SMILES string of the molecule is CP1(CC(=O)O)=NP(c2ccccc2)(c2ccccc2)=NP(c2ccccc2)(c2ccccc2)=N1. The number of hydrogen-bond donors (Lipinski definition) is 1. The quantitative estimate of drug-likeness (QED) is 0.302. The minimum atomic E-state index is -2.73. The zero-order chi connectivity index (χ0) is 24.4. The molecule has 8 heteroatoms. The number of rotatable bonds is 6. The van der Waals surface area contributed by atoms with E-state index in [9.17, 15) is 9.90 Å². The predicted molar refractivity (Wildman–Crippen MR) is 151 cm³/mol. The van der Waals surface area contributed by atoms with Crippen LogP contribution in [0.2, 0.25) is 0 Å². The van der Waals surface area contributed by atoms with Crippen LogP contribution in [0.1, 0.15) is 0 Å². The Hall–Kier alpha value is -2.96. The fourth-order valence-corrected chi connectivity index (χ4v) is 19.0. The fraction of sp³-hybridized carbons (Fsp3) is 0.0741. The summed E-state index contributed by atoms with van der Waals surface area (Å²) in [6, 6.07) is 40.6. The second kappa shape index (κ2) is 9.59. The van der Waals surface area contributed by atoms with Gasteiger partial charge in [-0.3, -0.25) is 4.79 Å². The molecule has 1 atom stereocenters. The molecule has 1 aliphatic rings. The molecular weight excluding hydrogens is 491 g/mol.